The zero-order valence-electron chi connectivity index (χ0n) is 28.1. The van der Waals surface area contributed by atoms with E-state index in [9.17, 15) is 4.39 Å². The number of anilines is 1. The number of alkyl halides is 1. The van der Waals surface area contributed by atoms with E-state index in [4.69, 9.17) is 37.6 Å². The Hall–Kier alpha value is -3.32. The molecule has 11 nitrogen and oxygen atoms in total. The molecule has 2 saturated heterocycles. The van der Waals surface area contributed by atoms with Gasteiger partial charge < -0.3 is 9.64 Å². The summed E-state index contributed by atoms with van der Waals surface area (Å²) in [6.07, 6.45) is 6.64. The Labute approximate surface area is 282 Å². The number of nitrogens with two attached hydrogens (primary N) is 1. The first kappa shape index (κ1) is 33.6. The van der Waals surface area contributed by atoms with E-state index in [-0.39, 0.29) is 11.9 Å². The second kappa shape index (κ2) is 14.4. The zero-order chi connectivity index (χ0) is 33.2. The maximum atomic E-state index is 12.6. The Morgan fingerprint density at radius 2 is 1.98 bits per heavy atom. The van der Waals surface area contributed by atoms with Crippen molar-refractivity contribution in [2.24, 2.45) is 5.84 Å². The Balaban J connectivity index is 0.000000366. The molecule has 3 N–H and O–H groups in total. The number of likely N-dealkylation sites (N-methyl/N-ethyl adjacent to an activating group) is 1. The van der Waals surface area contributed by atoms with Crippen molar-refractivity contribution in [3.63, 3.8) is 0 Å². The summed E-state index contributed by atoms with van der Waals surface area (Å²) in [6, 6.07) is 9.98. The SMILES string of the molecule is CCCc1ccccc1C1Cc2nc(OC)nc(N3CCCn4nc(C(=N)N(C)N)c(Cl)c4C3)c2CN1C.FC1CC2CCCN2C1. The standard InChI is InChI=1S/C27H36ClN9O.C7H12FN/c1-5-9-17-10-6-7-11-18(17)21-14-20-19(15-34(21)2)26(32-27(31-20)38-4)36-12-8-13-37-22(16-36)23(28)24(33-37)25(29)35(3)30;8-6-4-7-2-1-3-9(7)5-6/h6-7,10-11,21,29H,5,8-9,12-16,30H2,1-4H3;6-7H,1-5H2. The van der Waals surface area contributed by atoms with Crippen LogP contribution in [0.1, 0.15) is 78.8 Å². The highest BCUT2D eigenvalue weighted by atomic mass is 35.5. The number of hydrogen-bond acceptors (Lipinski definition) is 9. The molecule has 3 atom stereocenters. The molecule has 3 aromatic rings. The number of aromatic nitrogens is 4. The zero-order valence-corrected chi connectivity index (χ0v) is 28.8. The van der Waals surface area contributed by atoms with Crippen LogP contribution in [0.3, 0.4) is 0 Å². The van der Waals surface area contributed by atoms with Gasteiger partial charge in [-0.25, -0.2) is 10.2 Å². The first-order valence-electron chi connectivity index (χ1n) is 16.9. The molecule has 3 unspecified atom stereocenters. The Bertz CT molecular complexity index is 1570. The lowest BCUT2D eigenvalue weighted by Crippen LogP contribution is -2.35. The van der Waals surface area contributed by atoms with Crippen LogP contribution in [0, 0.1) is 5.41 Å². The number of fused-ring (bicyclic) bond motifs is 3. The van der Waals surface area contributed by atoms with Crippen molar-refractivity contribution in [1.82, 2.24) is 34.6 Å². The van der Waals surface area contributed by atoms with E-state index in [0.29, 0.717) is 42.4 Å². The third-order valence-corrected chi connectivity index (χ3v) is 10.4. The molecular weight excluding hydrogens is 619 g/mol. The number of nitrogens with zero attached hydrogens (tertiary/aromatic N) is 8. The quantitative estimate of drug-likeness (QED) is 0.166. The highest BCUT2D eigenvalue weighted by Crippen LogP contribution is 2.39. The maximum Gasteiger partial charge on any atom is 0.318 e. The number of halogens is 2. The molecule has 0 aliphatic carbocycles. The fourth-order valence-corrected chi connectivity index (χ4v) is 7.87. The lowest BCUT2D eigenvalue weighted by Gasteiger charge is -2.37. The van der Waals surface area contributed by atoms with Crippen LogP contribution in [0.2, 0.25) is 5.02 Å². The second-order valence-corrected chi connectivity index (χ2v) is 13.6. The van der Waals surface area contributed by atoms with Crippen molar-refractivity contribution in [2.75, 3.05) is 45.7 Å². The van der Waals surface area contributed by atoms with Crippen LogP contribution in [0.4, 0.5) is 10.2 Å². The number of methoxy groups -OCH3 is 1. The highest BCUT2D eigenvalue weighted by molar-refractivity contribution is 6.34. The lowest BCUT2D eigenvalue weighted by atomic mass is 9.89. The molecule has 0 spiro atoms. The topological polar surface area (TPSA) is 116 Å². The van der Waals surface area contributed by atoms with Gasteiger partial charge in [0, 0.05) is 57.3 Å². The van der Waals surface area contributed by atoms with Gasteiger partial charge in [-0.15, -0.1) is 0 Å². The number of hydrogen-bond donors (Lipinski definition) is 2. The van der Waals surface area contributed by atoms with Gasteiger partial charge in [0.1, 0.15) is 17.7 Å². The smallest absolute Gasteiger partial charge is 0.318 e. The number of hydrazine groups is 1. The van der Waals surface area contributed by atoms with E-state index in [2.05, 4.69) is 58.0 Å². The first-order chi connectivity index (χ1) is 22.7. The summed E-state index contributed by atoms with van der Waals surface area (Å²) in [5, 5.41) is 14.6. The number of benzene rings is 1. The molecule has 0 radical (unpaired) electrons. The molecule has 7 rings (SSSR count). The molecule has 6 heterocycles. The number of ether oxygens (including phenoxy) is 1. The van der Waals surface area contributed by atoms with Gasteiger partial charge in [0.05, 0.1) is 30.1 Å². The van der Waals surface area contributed by atoms with Gasteiger partial charge in [0.2, 0.25) is 0 Å². The molecule has 0 bridgehead atoms. The Morgan fingerprint density at radius 3 is 2.72 bits per heavy atom. The summed E-state index contributed by atoms with van der Waals surface area (Å²) in [6.45, 7) is 6.83. The third kappa shape index (κ3) is 6.97. The number of amidine groups is 1. The van der Waals surface area contributed by atoms with Gasteiger partial charge in [-0.05, 0) is 56.8 Å². The van der Waals surface area contributed by atoms with Gasteiger partial charge in [0.25, 0.3) is 0 Å². The van der Waals surface area contributed by atoms with E-state index in [0.717, 1.165) is 74.5 Å². The fourth-order valence-electron chi connectivity index (χ4n) is 7.59. The number of aryl methyl sites for hydroxylation is 2. The molecular formula is C34H48ClFN10O. The van der Waals surface area contributed by atoms with Crippen LogP contribution >= 0.6 is 11.6 Å². The van der Waals surface area contributed by atoms with E-state index in [1.165, 1.54) is 29.0 Å². The molecule has 0 amide bonds. The predicted octanol–water partition coefficient (Wildman–Crippen LogP) is 4.75. The molecule has 13 heteroatoms. The maximum absolute atomic E-state index is 12.6. The summed E-state index contributed by atoms with van der Waals surface area (Å²) >= 11 is 6.76. The van der Waals surface area contributed by atoms with E-state index < -0.39 is 6.17 Å². The van der Waals surface area contributed by atoms with Crippen LogP contribution in [0.15, 0.2) is 24.3 Å². The molecule has 254 valence electrons. The minimum atomic E-state index is -0.518. The van der Waals surface area contributed by atoms with Gasteiger partial charge in [-0.2, -0.15) is 15.1 Å². The van der Waals surface area contributed by atoms with Crippen LogP contribution in [0.25, 0.3) is 0 Å². The van der Waals surface area contributed by atoms with Crippen molar-refractivity contribution >= 4 is 23.3 Å². The predicted molar refractivity (Wildman–Crippen MR) is 183 cm³/mol. The average molecular weight is 667 g/mol. The summed E-state index contributed by atoms with van der Waals surface area (Å²) in [5.74, 6) is 6.75. The minimum absolute atomic E-state index is 0.0826. The molecule has 4 aliphatic heterocycles. The van der Waals surface area contributed by atoms with Crippen molar-refractivity contribution in [2.45, 2.75) is 89.8 Å². The Morgan fingerprint density at radius 1 is 1.17 bits per heavy atom. The third-order valence-electron chi connectivity index (χ3n) is 9.96. The minimum Gasteiger partial charge on any atom is -0.467 e. The average Bonchev–Trinajstić information content (AvgIpc) is 3.68. The number of nitrogens with one attached hydrogen (secondary N) is 1. The van der Waals surface area contributed by atoms with Crippen LogP contribution in [0.5, 0.6) is 6.01 Å². The van der Waals surface area contributed by atoms with Gasteiger partial charge in [0.15, 0.2) is 5.84 Å². The highest BCUT2D eigenvalue weighted by Gasteiger charge is 2.35. The molecule has 0 saturated carbocycles. The van der Waals surface area contributed by atoms with Crippen molar-refractivity contribution in [3.8, 4) is 6.01 Å². The summed E-state index contributed by atoms with van der Waals surface area (Å²) in [5.41, 5.74) is 6.16. The van der Waals surface area contributed by atoms with E-state index in [1.54, 1.807) is 14.2 Å². The molecule has 2 aromatic heterocycles. The number of rotatable bonds is 6. The Kier molecular flexibility index (Phi) is 10.3. The van der Waals surface area contributed by atoms with Crippen LogP contribution in [-0.4, -0.2) is 93.4 Å². The molecule has 4 aliphatic rings. The van der Waals surface area contributed by atoms with E-state index in [1.807, 2.05) is 4.68 Å². The first-order valence-corrected chi connectivity index (χ1v) is 17.2. The van der Waals surface area contributed by atoms with Crippen molar-refractivity contribution in [3.05, 3.63) is 63.1 Å². The normalized spacial score (nSPS) is 22.5. The van der Waals surface area contributed by atoms with E-state index >= 15 is 0 Å². The molecule has 1 aromatic carbocycles. The van der Waals surface area contributed by atoms with Crippen LogP contribution in [-0.2, 0) is 32.5 Å². The monoisotopic (exact) mass is 666 g/mol. The molecule has 47 heavy (non-hydrogen) atoms. The second-order valence-electron chi connectivity index (χ2n) is 13.2. The van der Waals surface area contributed by atoms with Crippen molar-refractivity contribution < 1.29 is 9.13 Å². The fraction of sp³-hybridized carbons (Fsp3) is 0.588. The largest absolute Gasteiger partial charge is 0.467 e. The lowest BCUT2D eigenvalue weighted by molar-refractivity contribution is 0.212. The summed E-state index contributed by atoms with van der Waals surface area (Å²) < 4.78 is 20.1. The van der Waals surface area contributed by atoms with Gasteiger partial charge >= 0.3 is 6.01 Å². The van der Waals surface area contributed by atoms with Crippen LogP contribution < -0.4 is 15.5 Å². The summed E-state index contributed by atoms with van der Waals surface area (Å²) in [4.78, 5) is 16.6. The van der Waals surface area contributed by atoms with Gasteiger partial charge in [-0.1, -0.05) is 49.2 Å². The summed E-state index contributed by atoms with van der Waals surface area (Å²) in [7, 11) is 5.41. The molecule has 2 fully saturated rings. The van der Waals surface area contributed by atoms with Gasteiger partial charge in [-0.3, -0.25) is 24.9 Å². The van der Waals surface area contributed by atoms with Crippen molar-refractivity contribution in [1.29, 1.82) is 5.41 Å².